The summed E-state index contributed by atoms with van der Waals surface area (Å²) in [5.74, 6) is -0.267. The lowest BCUT2D eigenvalue weighted by molar-refractivity contribution is -0.131. The SMILES string of the molecule is COc1ccc(C(=O)NN2C(=O)/C(=C\c3ccc(OC(C)=O)cc3)SC2=S)cc1. The second-order valence-electron chi connectivity index (χ2n) is 5.85. The lowest BCUT2D eigenvalue weighted by atomic mass is 10.2. The van der Waals surface area contributed by atoms with Crippen molar-refractivity contribution in [3.63, 3.8) is 0 Å². The highest BCUT2D eigenvalue weighted by Crippen LogP contribution is 2.31. The summed E-state index contributed by atoms with van der Waals surface area (Å²) in [6.45, 7) is 1.32. The maximum atomic E-state index is 12.6. The van der Waals surface area contributed by atoms with Gasteiger partial charge in [-0.05, 0) is 60.3 Å². The number of nitrogens with zero attached hydrogens (tertiary/aromatic N) is 1. The van der Waals surface area contributed by atoms with Crippen molar-refractivity contribution in [2.75, 3.05) is 7.11 Å². The Bertz CT molecular complexity index is 1000. The lowest BCUT2D eigenvalue weighted by Crippen LogP contribution is -2.44. The van der Waals surface area contributed by atoms with E-state index in [2.05, 4.69) is 5.43 Å². The molecule has 2 amide bonds. The molecule has 1 aliphatic rings. The van der Waals surface area contributed by atoms with Crippen LogP contribution in [0.15, 0.2) is 53.4 Å². The van der Waals surface area contributed by atoms with Crippen molar-refractivity contribution in [2.45, 2.75) is 6.92 Å². The Kier molecular flexibility index (Phi) is 6.30. The molecule has 2 aromatic carbocycles. The number of nitrogens with one attached hydrogen (secondary N) is 1. The average molecular weight is 428 g/mol. The first-order chi connectivity index (χ1) is 13.9. The van der Waals surface area contributed by atoms with Gasteiger partial charge in [0.15, 0.2) is 4.32 Å². The third-order valence-electron chi connectivity index (χ3n) is 3.80. The molecule has 1 saturated heterocycles. The third-order valence-corrected chi connectivity index (χ3v) is 5.10. The number of hydrogen-bond acceptors (Lipinski definition) is 7. The minimum atomic E-state index is -0.462. The monoisotopic (exact) mass is 428 g/mol. The van der Waals surface area contributed by atoms with Gasteiger partial charge in [0.25, 0.3) is 11.8 Å². The van der Waals surface area contributed by atoms with Crippen molar-refractivity contribution >= 4 is 52.2 Å². The fraction of sp³-hybridized carbons (Fsp3) is 0.100. The molecule has 7 nitrogen and oxygen atoms in total. The Morgan fingerprint density at radius 1 is 1.07 bits per heavy atom. The van der Waals surface area contributed by atoms with E-state index in [0.717, 1.165) is 22.3 Å². The molecule has 29 heavy (non-hydrogen) atoms. The van der Waals surface area contributed by atoms with E-state index in [4.69, 9.17) is 21.7 Å². The minimum Gasteiger partial charge on any atom is -0.497 e. The zero-order chi connectivity index (χ0) is 21.0. The molecule has 1 fully saturated rings. The van der Waals surface area contributed by atoms with E-state index in [1.165, 1.54) is 14.0 Å². The first-order valence-corrected chi connectivity index (χ1v) is 9.61. The van der Waals surface area contributed by atoms with Gasteiger partial charge in [-0.1, -0.05) is 23.9 Å². The number of thioether (sulfide) groups is 1. The van der Waals surface area contributed by atoms with Crippen molar-refractivity contribution < 1.29 is 23.9 Å². The molecule has 1 N–H and O–H groups in total. The van der Waals surface area contributed by atoms with Gasteiger partial charge < -0.3 is 9.47 Å². The summed E-state index contributed by atoms with van der Waals surface area (Å²) >= 11 is 6.31. The summed E-state index contributed by atoms with van der Waals surface area (Å²) in [5, 5.41) is 1.05. The minimum absolute atomic E-state index is 0.222. The summed E-state index contributed by atoms with van der Waals surface area (Å²) in [6.07, 6.45) is 1.65. The van der Waals surface area contributed by atoms with E-state index in [1.54, 1.807) is 54.6 Å². The number of hydrazine groups is 1. The normalized spacial score (nSPS) is 14.8. The number of rotatable bonds is 5. The quantitative estimate of drug-likeness (QED) is 0.339. The smallest absolute Gasteiger partial charge is 0.308 e. The van der Waals surface area contributed by atoms with Gasteiger partial charge in [0.2, 0.25) is 0 Å². The first-order valence-electron chi connectivity index (χ1n) is 8.39. The molecule has 1 aliphatic heterocycles. The van der Waals surface area contributed by atoms with Gasteiger partial charge in [-0.2, -0.15) is 5.01 Å². The zero-order valence-electron chi connectivity index (χ0n) is 15.5. The zero-order valence-corrected chi connectivity index (χ0v) is 17.1. The molecule has 0 radical (unpaired) electrons. The topological polar surface area (TPSA) is 84.9 Å². The number of esters is 1. The lowest BCUT2D eigenvalue weighted by Gasteiger charge is -2.15. The summed E-state index contributed by atoms with van der Waals surface area (Å²) in [6, 6.07) is 13.1. The van der Waals surface area contributed by atoms with Crippen molar-refractivity contribution in [2.24, 2.45) is 0 Å². The van der Waals surface area contributed by atoms with Crippen LogP contribution in [0.3, 0.4) is 0 Å². The second kappa shape index (κ2) is 8.89. The Morgan fingerprint density at radius 3 is 2.28 bits per heavy atom. The molecule has 0 aliphatic carbocycles. The predicted molar refractivity (Wildman–Crippen MR) is 113 cm³/mol. The van der Waals surface area contributed by atoms with Crippen LogP contribution >= 0.6 is 24.0 Å². The van der Waals surface area contributed by atoms with Crippen molar-refractivity contribution in [3.05, 3.63) is 64.6 Å². The molecule has 2 aromatic rings. The van der Waals surface area contributed by atoms with E-state index in [-0.39, 0.29) is 4.32 Å². The fourth-order valence-corrected chi connectivity index (χ4v) is 3.60. The molecule has 0 spiro atoms. The van der Waals surface area contributed by atoms with E-state index in [0.29, 0.717) is 22.0 Å². The van der Waals surface area contributed by atoms with Crippen LogP contribution in [0.25, 0.3) is 6.08 Å². The van der Waals surface area contributed by atoms with Gasteiger partial charge in [-0.15, -0.1) is 0 Å². The van der Waals surface area contributed by atoms with Crippen LogP contribution in [0.4, 0.5) is 0 Å². The molecule has 1 heterocycles. The first kappa shape index (κ1) is 20.6. The van der Waals surface area contributed by atoms with Crippen molar-refractivity contribution in [1.29, 1.82) is 0 Å². The number of carbonyl (C=O) groups is 3. The third kappa shape index (κ3) is 5.01. The molecule has 0 bridgehead atoms. The van der Waals surface area contributed by atoms with Gasteiger partial charge in [-0.3, -0.25) is 19.8 Å². The maximum absolute atomic E-state index is 12.6. The summed E-state index contributed by atoms with van der Waals surface area (Å²) in [4.78, 5) is 36.4. The number of amides is 2. The van der Waals surface area contributed by atoms with E-state index in [1.807, 2.05) is 0 Å². The Balaban J connectivity index is 1.70. The number of methoxy groups -OCH3 is 1. The molecular weight excluding hydrogens is 412 g/mol. The van der Waals surface area contributed by atoms with Crippen LogP contribution in [0, 0.1) is 0 Å². The highest BCUT2D eigenvalue weighted by Gasteiger charge is 2.33. The summed E-state index contributed by atoms with van der Waals surface area (Å²) < 4.78 is 10.3. The molecule has 148 valence electrons. The molecule has 0 atom stereocenters. The Hall–Kier alpha value is -3.17. The van der Waals surface area contributed by atoms with E-state index < -0.39 is 17.8 Å². The van der Waals surface area contributed by atoms with E-state index in [9.17, 15) is 14.4 Å². The molecule has 0 unspecified atom stereocenters. The summed E-state index contributed by atoms with van der Waals surface area (Å²) in [5.41, 5.74) is 3.61. The highest BCUT2D eigenvalue weighted by atomic mass is 32.2. The number of carbonyl (C=O) groups excluding carboxylic acids is 3. The van der Waals surface area contributed by atoms with Crippen LogP contribution in [0.2, 0.25) is 0 Å². The van der Waals surface area contributed by atoms with Gasteiger partial charge >= 0.3 is 5.97 Å². The highest BCUT2D eigenvalue weighted by molar-refractivity contribution is 8.26. The van der Waals surface area contributed by atoms with Gasteiger partial charge in [0.05, 0.1) is 12.0 Å². The maximum Gasteiger partial charge on any atom is 0.308 e. The summed E-state index contributed by atoms with van der Waals surface area (Å²) in [7, 11) is 1.53. The van der Waals surface area contributed by atoms with Gasteiger partial charge in [0.1, 0.15) is 11.5 Å². The largest absolute Gasteiger partial charge is 0.497 e. The van der Waals surface area contributed by atoms with Crippen LogP contribution in [-0.2, 0) is 9.59 Å². The molecule has 3 rings (SSSR count). The number of hydrogen-bond donors (Lipinski definition) is 1. The van der Waals surface area contributed by atoms with Crippen molar-refractivity contribution in [3.8, 4) is 11.5 Å². The van der Waals surface area contributed by atoms with E-state index >= 15 is 0 Å². The number of ether oxygens (including phenoxy) is 2. The standard InChI is InChI=1S/C20H16N2O5S2/c1-12(23)27-16-7-3-13(4-8-16)11-17-19(25)22(20(28)29-17)21-18(24)14-5-9-15(26-2)10-6-14/h3-11H,1-2H3,(H,21,24)/b17-11+. The van der Waals surface area contributed by atoms with Crippen LogP contribution in [0.1, 0.15) is 22.8 Å². The fourth-order valence-electron chi connectivity index (χ4n) is 2.42. The van der Waals surface area contributed by atoms with Crippen molar-refractivity contribution in [1.82, 2.24) is 10.4 Å². The van der Waals surface area contributed by atoms with Gasteiger partial charge in [-0.25, -0.2) is 0 Å². The Labute approximate surface area is 176 Å². The van der Waals surface area contributed by atoms with Crippen LogP contribution < -0.4 is 14.9 Å². The Morgan fingerprint density at radius 2 is 1.69 bits per heavy atom. The average Bonchev–Trinajstić information content (AvgIpc) is 2.96. The van der Waals surface area contributed by atoms with Crippen LogP contribution in [-0.4, -0.2) is 34.2 Å². The molecule has 0 saturated carbocycles. The number of thiocarbonyl (C=S) groups is 1. The van der Waals surface area contributed by atoms with Crippen LogP contribution in [0.5, 0.6) is 11.5 Å². The molecule has 0 aromatic heterocycles. The second-order valence-corrected chi connectivity index (χ2v) is 7.52. The predicted octanol–water partition coefficient (Wildman–Crippen LogP) is 3.17. The number of benzene rings is 2. The molecule has 9 heteroatoms. The van der Waals surface area contributed by atoms with Gasteiger partial charge in [0, 0.05) is 12.5 Å². The molecular formula is C20H16N2O5S2.